The Labute approximate surface area is 201 Å². The average molecular weight is 480 g/mol. The van der Waals surface area contributed by atoms with Gasteiger partial charge in [-0.1, -0.05) is 12.8 Å². The highest BCUT2D eigenvalue weighted by molar-refractivity contribution is 7.10. The highest BCUT2D eigenvalue weighted by Crippen LogP contribution is 2.33. The molecule has 2 saturated carbocycles. The number of anilines is 1. The molecule has 0 saturated heterocycles. The molecule has 2 fully saturated rings. The number of hydrogen-bond donors (Lipinski definition) is 4. The van der Waals surface area contributed by atoms with Gasteiger partial charge >= 0.3 is 0 Å². The molecule has 0 aromatic carbocycles. The second kappa shape index (κ2) is 9.55. The number of aromatic nitrogens is 3. The van der Waals surface area contributed by atoms with Crippen molar-refractivity contribution in [1.29, 1.82) is 0 Å². The molecule has 3 aromatic heterocycles. The van der Waals surface area contributed by atoms with Crippen LogP contribution in [0.3, 0.4) is 0 Å². The van der Waals surface area contributed by atoms with Gasteiger partial charge in [-0.2, -0.15) is 9.61 Å². The monoisotopic (exact) mass is 479 g/mol. The molecule has 0 bridgehead atoms. The number of rotatable bonds is 10. The van der Waals surface area contributed by atoms with Gasteiger partial charge in [0.15, 0.2) is 5.65 Å². The van der Waals surface area contributed by atoms with E-state index in [1.165, 1.54) is 36.6 Å². The van der Waals surface area contributed by atoms with Crippen LogP contribution in [0.4, 0.5) is 5.82 Å². The number of thiophene rings is 1. The summed E-state index contributed by atoms with van der Waals surface area (Å²) in [7, 11) is 0. The number of fused-ring (bicyclic) bond motifs is 1. The summed E-state index contributed by atoms with van der Waals surface area (Å²) in [6.45, 7) is 2.22. The Bertz CT molecular complexity index is 1240. The fourth-order valence-corrected chi connectivity index (χ4v) is 5.33. The summed E-state index contributed by atoms with van der Waals surface area (Å²) >= 11 is 1.73. The third kappa shape index (κ3) is 4.83. The quantitative estimate of drug-likeness (QED) is 0.261. The SMILES string of the molecule is CC(NC1CCCC1)c1cc(-c2cc(NC3CC3)n3ncc(/C=C(\NC=O)C(N)=O)c3n2)cs1. The van der Waals surface area contributed by atoms with Crippen LogP contribution < -0.4 is 21.7 Å². The van der Waals surface area contributed by atoms with Crippen LogP contribution in [0, 0.1) is 0 Å². The number of nitrogens with zero attached hydrogens (tertiary/aromatic N) is 3. The lowest BCUT2D eigenvalue weighted by molar-refractivity contribution is -0.116. The minimum Gasteiger partial charge on any atom is -0.367 e. The Balaban J connectivity index is 1.50. The topological polar surface area (TPSA) is 126 Å². The zero-order valence-electron chi connectivity index (χ0n) is 19.1. The first-order chi connectivity index (χ1) is 16.5. The highest BCUT2D eigenvalue weighted by atomic mass is 32.1. The summed E-state index contributed by atoms with van der Waals surface area (Å²) in [6, 6.07) is 5.53. The molecular weight excluding hydrogens is 450 g/mol. The number of primary amides is 1. The Hall–Kier alpha value is -3.24. The minimum atomic E-state index is -0.731. The molecule has 10 heteroatoms. The van der Waals surface area contributed by atoms with E-state index >= 15 is 0 Å². The van der Waals surface area contributed by atoms with E-state index in [1.807, 2.05) is 6.07 Å². The molecule has 2 amide bonds. The van der Waals surface area contributed by atoms with Gasteiger partial charge in [-0.25, -0.2) is 4.98 Å². The van der Waals surface area contributed by atoms with Crippen LogP contribution in [0.25, 0.3) is 23.0 Å². The van der Waals surface area contributed by atoms with Gasteiger partial charge in [-0.15, -0.1) is 11.3 Å². The van der Waals surface area contributed by atoms with Gasteiger partial charge in [0.2, 0.25) is 6.41 Å². The maximum atomic E-state index is 11.7. The lowest BCUT2D eigenvalue weighted by Crippen LogP contribution is -2.28. The van der Waals surface area contributed by atoms with Gasteiger partial charge < -0.3 is 21.7 Å². The average Bonchev–Trinajstić information content (AvgIpc) is 3.22. The van der Waals surface area contributed by atoms with Crippen molar-refractivity contribution < 1.29 is 9.59 Å². The highest BCUT2D eigenvalue weighted by Gasteiger charge is 2.24. The van der Waals surface area contributed by atoms with Crippen LogP contribution in [0.1, 0.15) is 61.9 Å². The third-order valence-electron chi connectivity index (χ3n) is 6.39. The van der Waals surface area contributed by atoms with Gasteiger partial charge in [0, 0.05) is 45.6 Å². The predicted octanol–water partition coefficient (Wildman–Crippen LogP) is 3.20. The Kier molecular flexibility index (Phi) is 6.34. The van der Waals surface area contributed by atoms with Crippen molar-refractivity contribution in [2.75, 3.05) is 5.32 Å². The Morgan fingerprint density at radius 1 is 1.24 bits per heavy atom. The lowest BCUT2D eigenvalue weighted by Gasteiger charge is -2.17. The molecule has 1 unspecified atom stereocenters. The van der Waals surface area contributed by atoms with E-state index in [1.54, 1.807) is 22.0 Å². The molecule has 0 spiro atoms. The number of carbonyl (C=O) groups excluding carboxylic acids is 2. The number of hydrogen-bond acceptors (Lipinski definition) is 7. The first kappa shape index (κ1) is 22.5. The molecule has 2 aliphatic carbocycles. The first-order valence-corrected chi connectivity index (χ1v) is 12.6. The fraction of sp³-hybridized carbons (Fsp3) is 0.417. The van der Waals surface area contributed by atoms with E-state index in [0.29, 0.717) is 29.7 Å². The van der Waals surface area contributed by atoms with Gasteiger partial charge in [0.05, 0.1) is 11.9 Å². The fourth-order valence-electron chi connectivity index (χ4n) is 4.41. The van der Waals surface area contributed by atoms with Crippen molar-refractivity contribution in [3.05, 3.63) is 39.8 Å². The molecule has 3 aromatic rings. The van der Waals surface area contributed by atoms with Crippen LogP contribution in [0.2, 0.25) is 0 Å². The van der Waals surface area contributed by atoms with Crippen LogP contribution in [-0.2, 0) is 9.59 Å². The maximum absolute atomic E-state index is 11.7. The molecule has 2 aliphatic rings. The zero-order valence-corrected chi connectivity index (χ0v) is 19.9. The van der Waals surface area contributed by atoms with Crippen LogP contribution in [-0.4, -0.2) is 39.0 Å². The van der Waals surface area contributed by atoms with Crippen molar-refractivity contribution in [2.45, 2.75) is 63.6 Å². The molecule has 0 radical (unpaired) electrons. The van der Waals surface area contributed by atoms with Crippen molar-refractivity contribution in [2.24, 2.45) is 5.73 Å². The molecule has 5 rings (SSSR count). The summed E-state index contributed by atoms with van der Waals surface area (Å²) in [4.78, 5) is 28.8. The van der Waals surface area contributed by atoms with E-state index < -0.39 is 5.91 Å². The van der Waals surface area contributed by atoms with Gasteiger partial charge in [0.1, 0.15) is 11.5 Å². The second-order valence-electron chi connectivity index (χ2n) is 9.07. The molecule has 34 heavy (non-hydrogen) atoms. The number of carbonyl (C=O) groups is 2. The van der Waals surface area contributed by atoms with E-state index in [2.05, 4.69) is 39.4 Å². The minimum absolute atomic E-state index is 0.0153. The molecular formula is C24H29N7O2S. The van der Waals surface area contributed by atoms with Crippen LogP contribution >= 0.6 is 11.3 Å². The molecule has 9 nitrogen and oxygen atoms in total. The number of amides is 2. The van der Waals surface area contributed by atoms with E-state index in [9.17, 15) is 9.59 Å². The maximum Gasteiger partial charge on any atom is 0.265 e. The summed E-state index contributed by atoms with van der Waals surface area (Å²) in [5, 5.41) is 16.2. The summed E-state index contributed by atoms with van der Waals surface area (Å²) in [5.41, 5.74) is 8.43. The Morgan fingerprint density at radius 3 is 2.74 bits per heavy atom. The summed E-state index contributed by atoms with van der Waals surface area (Å²) < 4.78 is 1.73. The molecule has 5 N–H and O–H groups in total. The largest absolute Gasteiger partial charge is 0.367 e. The van der Waals surface area contributed by atoms with E-state index in [0.717, 1.165) is 29.9 Å². The van der Waals surface area contributed by atoms with Gasteiger partial charge in [0.25, 0.3) is 5.91 Å². The standard InChI is InChI=1S/C24H29N7O2S/c1-14(28-17-4-2-3-5-17)21-9-16(12-34-21)19-10-22(29-18-6-7-18)31-24(30-19)15(11-27-31)8-20(23(25)33)26-13-32/h8-14,17-18,28-29H,2-7H2,1H3,(H2,25,33)(H,26,32)/b20-8-. The van der Waals surface area contributed by atoms with Crippen molar-refractivity contribution in [1.82, 2.24) is 25.2 Å². The smallest absolute Gasteiger partial charge is 0.265 e. The second-order valence-corrected chi connectivity index (χ2v) is 10.0. The van der Waals surface area contributed by atoms with Crippen LogP contribution in [0.15, 0.2) is 29.4 Å². The predicted molar refractivity (Wildman–Crippen MR) is 133 cm³/mol. The number of nitrogens with one attached hydrogen (secondary N) is 3. The first-order valence-electron chi connectivity index (χ1n) is 11.7. The Morgan fingerprint density at radius 2 is 2.03 bits per heavy atom. The summed E-state index contributed by atoms with van der Waals surface area (Å²) in [5.74, 6) is 0.112. The van der Waals surface area contributed by atoms with Crippen molar-refractivity contribution >= 4 is 41.2 Å². The van der Waals surface area contributed by atoms with E-state index in [4.69, 9.17) is 10.7 Å². The van der Waals surface area contributed by atoms with Gasteiger partial charge in [-0.3, -0.25) is 9.59 Å². The summed E-state index contributed by atoms with van der Waals surface area (Å²) in [6.07, 6.45) is 10.9. The van der Waals surface area contributed by atoms with Crippen molar-refractivity contribution in [3.8, 4) is 11.3 Å². The van der Waals surface area contributed by atoms with Crippen LogP contribution in [0.5, 0.6) is 0 Å². The van der Waals surface area contributed by atoms with E-state index in [-0.39, 0.29) is 11.7 Å². The number of nitrogens with two attached hydrogens (primary N) is 1. The normalized spacial score (nSPS) is 17.7. The molecule has 1 atom stereocenters. The van der Waals surface area contributed by atoms with Crippen molar-refractivity contribution in [3.63, 3.8) is 0 Å². The molecule has 3 heterocycles. The third-order valence-corrected chi connectivity index (χ3v) is 7.51. The lowest BCUT2D eigenvalue weighted by atomic mass is 10.1. The van der Waals surface area contributed by atoms with Gasteiger partial charge in [-0.05, 0) is 44.7 Å². The molecule has 0 aliphatic heterocycles. The molecule has 178 valence electrons. The zero-order chi connectivity index (χ0) is 23.7.